The second kappa shape index (κ2) is 5.18. The van der Waals surface area contributed by atoms with Crippen molar-refractivity contribution in [3.05, 3.63) is 69.6 Å². The molecule has 1 saturated carbocycles. The van der Waals surface area contributed by atoms with Gasteiger partial charge in [0.05, 0.1) is 6.54 Å². The molecule has 2 atom stereocenters. The van der Waals surface area contributed by atoms with Gasteiger partial charge in [0.25, 0.3) is 5.56 Å². The Morgan fingerprint density at radius 3 is 2.76 bits per heavy atom. The maximum atomic E-state index is 12.8. The fraction of sp³-hybridized carbons (Fsp3) is 0.421. The molecule has 108 valence electrons. The molecule has 1 fully saturated rings. The largest absolute Gasteiger partial charge is 0.311 e. The molecule has 2 aliphatic carbocycles. The van der Waals surface area contributed by atoms with Crippen LogP contribution in [-0.2, 0) is 13.0 Å². The van der Waals surface area contributed by atoms with Crippen molar-refractivity contribution in [2.45, 2.75) is 44.6 Å². The third kappa shape index (κ3) is 2.23. The summed E-state index contributed by atoms with van der Waals surface area (Å²) >= 11 is 0. The van der Waals surface area contributed by atoms with Crippen molar-refractivity contribution < 1.29 is 0 Å². The third-order valence-electron chi connectivity index (χ3n) is 5.32. The molecule has 0 radical (unpaired) electrons. The second-order valence-corrected chi connectivity index (χ2v) is 6.50. The van der Waals surface area contributed by atoms with E-state index in [1.807, 2.05) is 29.0 Å². The summed E-state index contributed by atoms with van der Waals surface area (Å²) < 4.78 is 1.88. The Hall–Kier alpha value is -1.83. The minimum Gasteiger partial charge on any atom is -0.311 e. The highest BCUT2D eigenvalue weighted by Crippen LogP contribution is 2.45. The van der Waals surface area contributed by atoms with Crippen molar-refractivity contribution in [3.63, 3.8) is 0 Å². The standard InChI is InChI=1S/C19H21NO/c21-19-18-10-9-15-7-4-8-16(15)17(18)11-12-20(19)13-14-5-2-1-3-6-14/h1-3,5-6,11-12,15-16H,4,7-10,13H2/t15-,16+/m1/s1. The van der Waals surface area contributed by atoms with Crippen LogP contribution in [0.4, 0.5) is 0 Å². The van der Waals surface area contributed by atoms with Crippen molar-refractivity contribution >= 4 is 0 Å². The minimum atomic E-state index is 0.238. The number of rotatable bonds is 2. The molecule has 0 aliphatic heterocycles. The summed E-state index contributed by atoms with van der Waals surface area (Å²) in [5, 5.41) is 0. The summed E-state index contributed by atoms with van der Waals surface area (Å²) in [4.78, 5) is 12.8. The molecule has 2 heteroatoms. The van der Waals surface area contributed by atoms with E-state index in [9.17, 15) is 4.79 Å². The second-order valence-electron chi connectivity index (χ2n) is 6.50. The zero-order valence-corrected chi connectivity index (χ0v) is 12.3. The van der Waals surface area contributed by atoms with Gasteiger partial charge in [-0.25, -0.2) is 0 Å². The zero-order valence-electron chi connectivity index (χ0n) is 12.3. The fourth-order valence-electron chi connectivity index (χ4n) is 4.26. The number of pyridine rings is 1. The van der Waals surface area contributed by atoms with Crippen LogP contribution in [0.3, 0.4) is 0 Å². The van der Waals surface area contributed by atoms with Crippen molar-refractivity contribution in [2.75, 3.05) is 0 Å². The summed E-state index contributed by atoms with van der Waals surface area (Å²) in [5.41, 5.74) is 3.88. The molecule has 0 unspecified atom stereocenters. The maximum Gasteiger partial charge on any atom is 0.254 e. The predicted octanol–water partition coefficient (Wildman–Crippen LogP) is 3.73. The van der Waals surface area contributed by atoms with Crippen molar-refractivity contribution in [1.82, 2.24) is 4.57 Å². The van der Waals surface area contributed by atoms with E-state index < -0.39 is 0 Å². The van der Waals surface area contributed by atoms with E-state index in [0.717, 1.165) is 17.9 Å². The molecule has 21 heavy (non-hydrogen) atoms. The van der Waals surface area contributed by atoms with Gasteiger partial charge in [0.1, 0.15) is 0 Å². The Morgan fingerprint density at radius 1 is 1.05 bits per heavy atom. The quantitative estimate of drug-likeness (QED) is 0.821. The lowest BCUT2D eigenvalue weighted by Gasteiger charge is -2.28. The van der Waals surface area contributed by atoms with Crippen LogP contribution in [0, 0.1) is 5.92 Å². The smallest absolute Gasteiger partial charge is 0.254 e. The Kier molecular flexibility index (Phi) is 3.17. The van der Waals surface area contributed by atoms with E-state index in [1.54, 1.807) is 0 Å². The monoisotopic (exact) mass is 279 g/mol. The number of hydrogen-bond acceptors (Lipinski definition) is 1. The van der Waals surface area contributed by atoms with Gasteiger partial charge in [0.15, 0.2) is 0 Å². The first-order valence-electron chi connectivity index (χ1n) is 8.09. The first kappa shape index (κ1) is 12.9. The maximum absolute atomic E-state index is 12.8. The summed E-state index contributed by atoms with van der Waals surface area (Å²) in [5.74, 6) is 1.50. The first-order chi connectivity index (χ1) is 10.3. The molecule has 2 aliphatic rings. The SMILES string of the molecule is O=c1c2c(ccn1Cc1ccccc1)[C@H]1CCC[C@@H]1CC2. The molecule has 2 aromatic rings. The van der Waals surface area contributed by atoms with Gasteiger partial charge in [-0.05, 0) is 54.7 Å². The fourth-order valence-corrected chi connectivity index (χ4v) is 4.26. The zero-order chi connectivity index (χ0) is 14.2. The van der Waals surface area contributed by atoms with Gasteiger partial charge >= 0.3 is 0 Å². The van der Waals surface area contributed by atoms with Crippen molar-refractivity contribution in [3.8, 4) is 0 Å². The average Bonchev–Trinajstić information content (AvgIpc) is 3.00. The van der Waals surface area contributed by atoms with Gasteiger partial charge in [-0.15, -0.1) is 0 Å². The van der Waals surface area contributed by atoms with Crippen LogP contribution in [0.1, 0.15) is 48.3 Å². The molecular weight excluding hydrogens is 258 g/mol. The van der Waals surface area contributed by atoms with Gasteiger partial charge in [-0.3, -0.25) is 4.79 Å². The summed E-state index contributed by atoms with van der Waals surface area (Å²) in [7, 11) is 0. The van der Waals surface area contributed by atoms with E-state index in [0.29, 0.717) is 12.5 Å². The Labute approximate surface area is 125 Å². The molecule has 4 rings (SSSR count). The molecule has 0 N–H and O–H groups in total. The van der Waals surface area contributed by atoms with E-state index in [2.05, 4.69) is 18.2 Å². The molecule has 1 aromatic heterocycles. The van der Waals surface area contributed by atoms with Crippen LogP contribution in [0.25, 0.3) is 0 Å². The van der Waals surface area contributed by atoms with E-state index in [-0.39, 0.29) is 5.56 Å². The van der Waals surface area contributed by atoms with Crippen LogP contribution in [0.2, 0.25) is 0 Å². The first-order valence-corrected chi connectivity index (χ1v) is 8.09. The molecule has 0 spiro atoms. The molecule has 2 nitrogen and oxygen atoms in total. The van der Waals surface area contributed by atoms with Crippen LogP contribution in [0.15, 0.2) is 47.4 Å². The van der Waals surface area contributed by atoms with Gasteiger partial charge < -0.3 is 4.57 Å². The Morgan fingerprint density at radius 2 is 1.90 bits per heavy atom. The minimum absolute atomic E-state index is 0.238. The van der Waals surface area contributed by atoms with Gasteiger partial charge in [-0.2, -0.15) is 0 Å². The van der Waals surface area contributed by atoms with E-state index in [4.69, 9.17) is 0 Å². The number of benzene rings is 1. The molecule has 0 amide bonds. The Bertz CT molecular complexity index is 701. The highest BCUT2D eigenvalue weighted by Gasteiger charge is 2.34. The lowest BCUT2D eigenvalue weighted by molar-refractivity contribution is 0.418. The van der Waals surface area contributed by atoms with Crippen LogP contribution >= 0.6 is 0 Å². The molecule has 0 saturated heterocycles. The van der Waals surface area contributed by atoms with E-state index in [1.165, 1.54) is 36.8 Å². The van der Waals surface area contributed by atoms with E-state index >= 15 is 0 Å². The van der Waals surface area contributed by atoms with Gasteiger partial charge in [0, 0.05) is 11.8 Å². The molecule has 1 aromatic carbocycles. The van der Waals surface area contributed by atoms with Crippen LogP contribution < -0.4 is 5.56 Å². The molecular formula is C19H21NO. The normalized spacial score (nSPS) is 23.6. The van der Waals surface area contributed by atoms with Gasteiger partial charge in [0.2, 0.25) is 0 Å². The molecule has 0 bridgehead atoms. The number of hydrogen-bond donors (Lipinski definition) is 0. The third-order valence-corrected chi connectivity index (χ3v) is 5.32. The van der Waals surface area contributed by atoms with Crippen LogP contribution in [0.5, 0.6) is 0 Å². The van der Waals surface area contributed by atoms with Crippen LogP contribution in [-0.4, -0.2) is 4.57 Å². The topological polar surface area (TPSA) is 22.0 Å². The highest BCUT2D eigenvalue weighted by molar-refractivity contribution is 5.32. The Balaban J connectivity index is 1.71. The predicted molar refractivity (Wildman–Crippen MR) is 84.6 cm³/mol. The summed E-state index contributed by atoms with van der Waals surface area (Å²) in [6.45, 7) is 0.682. The van der Waals surface area contributed by atoms with Crippen molar-refractivity contribution in [1.29, 1.82) is 0 Å². The highest BCUT2D eigenvalue weighted by atomic mass is 16.1. The summed E-state index contributed by atoms with van der Waals surface area (Å²) in [6, 6.07) is 12.5. The lowest BCUT2D eigenvalue weighted by Crippen LogP contribution is -2.29. The van der Waals surface area contributed by atoms with Gasteiger partial charge in [-0.1, -0.05) is 36.8 Å². The average molecular weight is 279 g/mol. The number of nitrogens with zero attached hydrogens (tertiary/aromatic N) is 1. The number of aromatic nitrogens is 1. The lowest BCUT2D eigenvalue weighted by atomic mass is 9.78. The molecule has 1 heterocycles. The number of fused-ring (bicyclic) bond motifs is 3. The summed E-state index contributed by atoms with van der Waals surface area (Å²) in [6.07, 6.45) is 8.17. The van der Waals surface area contributed by atoms with Crippen molar-refractivity contribution in [2.24, 2.45) is 5.92 Å².